The van der Waals surface area contributed by atoms with Gasteiger partial charge in [-0.2, -0.15) is 0 Å². The Bertz CT molecular complexity index is 694. The molecular weight excluding hydrogens is 334 g/mol. The Morgan fingerprint density at radius 2 is 1.64 bits per heavy atom. The van der Waals surface area contributed by atoms with Crippen LogP contribution in [0.4, 0.5) is 11.4 Å². The van der Waals surface area contributed by atoms with Gasteiger partial charge in [0.2, 0.25) is 0 Å². The Labute approximate surface area is 142 Å². The minimum Gasteiger partial charge on any atom is -0.464 e. The molecular formula is C15H17N3O7. The van der Waals surface area contributed by atoms with Gasteiger partial charge in [0.15, 0.2) is 0 Å². The van der Waals surface area contributed by atoms with Gasteiger partial charge >= 0.3 is 5.97 Å². The summed E-state index contributed by atoms with van der Waals surface area (Å²) >= 11 is 0. The van der Waals surface area contributed by atoms with Gasteiger partial charge in [0.1, 0.15) is 5.54 Å². The molecule has 25 heavy (non-hydrogen) atoms. The molecule has 0 heterocycles. The molecule has 1 saturated carbocycles. The average molecular weight is 351 g/mol. The molecule has 2 rings (SSSR count). The van der Waals surface area contributed by atoms with E-state index in [1.165, 1.54) is 0 Å². The van der Waals surface area contributed by atoms with Gasteiger partial charge in [-0.25, -0.2) is 4.79 Å². The van der Waals surface area contributed by atoms with E-state index in [9.17, 15) is 29.8 Å². The van der Waals surface area contributed by atoms with E-state index in [1.54, 1.807) is 6.92 Å². The maximum Gasteiger partial charge on any atom is 0.331 e. The molecule has 0 radical (unpaired) electrons. The van der Waals surface area contributed by atoms with Crippen molar-refractivity contribution in [3.05, 3.63) is 44.0 Å². The first kappa shape index (κ1) is 18.3. The summed E-state index contributed by atoms with van der Waals surface area (Å²) in [6.45, 7) is 1.80. The normalized spacial score (nSPS) is 15.4. The Kier molecular flexibility index (Phi) is 5.30. The highest BCUT2D eigenvalue weighted by Gasteiger charge is 2.44. The molecule has 0 aliphatic heterocycles. The van der Waals surface area contributed by atoms with Gasteiger partial charge < -0.3 is 10.1 Å². The van der Waals surface area contributed by atoms with Gasteiger partial charge in [-0.15, -0.1) is 0 Å². The summed E-state index contributed by atoms with van der Waals surface area (Å²) < 4.78 is 5.02. The molecule has 1 N–H and O–H groups in total. The second-order valence-corrected chi connectivity index (χ2v) is 5.72. The first-order valence-electron chi connectivity index (χ1n) is 7.72. The van der Waals surface area contributed by atoms with Crippen LogP contribution in [0.25, 0.3) is 0 Å². The maximum absolute atomic E-state index is 12.5. The number of amides is 1. The summed E-state index contributed by atoms with van der Waals surface area (Å²) in [6, 6.07) is 2.65. The summed E-state index contributed by atoms with van der Waals surface area (Å²) in [7, 11) is 0. The van der Waals surface area contributed by atoms with Crippen molar-refractivity contribution in [3.8, 4) is 0 Å². The molecule has 1 amide bonds. The van der Waals surface area contributed by atoms with Crippen molar-refractivity contribution in [1.29, 1.82) is 0 Å². The highest BCUT2D eigenvalue weighted by Crippen LogP contribution is 2.32. The van der Waals surface area contributed by atoms with E-state index in [-0.39, 0.29) is 12.2 Å². The summed E-state index contributed by atoms with van der Waals surface area (Å²) in [5, 5.41) is 24.4. The minimum absolute atomic E-state index is 0.152. The molecule has 10 heteroatoms. The van der Waals surface area contributed by atoms with Crippen LogP contribution in [0.15, 0.2) is 18.2 Å². The first-order chi connectivity index (χ1) is 11.8. The van der Waals surface area contributed by atoms with E-state index < -0.39 is 38.6 Å². The fourth-order valence-electron chi connectivity index (χ4n) is 2.85. The fourth-order valence-corrected chi connectivity index (χ4v) is 2.85. The monoisotopic (exact) mass is 351 g/mol. The van der Waals surface area contributed by atoms with E-state index in [1.807, 2.05) is 0 Å². The number of rotatable bonds is 6. The number of hydrogen-bond acceptors (Lipinski definition) is 7. The largest absolute Gasteiger partial charge is 0.464 e. The molecule has 10 nitrogen and oxygen atoms in total. The average Bonchev–Trinajstić information content (AvgIpc) is 3.04. The lowest BCUT2D eigenvalue weighted by atomic mass is 9.97. The predicted molar refractivity (Wildman–Crippen MR) is 85.0 cm³/mol. The first-order valence-corrected chi connectivity index (χ1v) is 7.72. The smallest absolute Gasteiger partial charge is 0.331 e. The molecule has 1 aliphatic rings. The molecule has 134 valence electrons. The third-order valence-corrected chi connectivity index (χ3v) is 4.06. The molecule has 1 fully saturated rings. The number of nitrogens with zero attached hydrogens (tertiary/aromatic N) is 2. The third-order valence-electron chi connectivity index (χ3n) is 4.06. The Morgan fingerprint density at radius 3 is 2.08 bits per heavy atom. The Balaban J connectivity index is 2.34. The number of benzene rings is 1. The zero-order valence-electron chi connectivity index (χ0n) is 13.5. The van der Waals surface area contributed by atoms with Crippen LogP contribution in [0, 0.1) is 20.2 Å². The van der Waals surface area contributed by atoms with Crippen LogP contribution in [0.5, 0.6) is 0 Å². The second kappa shape index (κ2) is 7.24. The Hall–Kier alpha value is -3.04. The molecule has 0 atom stereocenters. The Morgan fingerprint density at radius 1 is 1.12 bits per heavy atom. The van der Waals surface area contributed by atoms with E-state index in [4.69, 9.17) is 4.74 Å². The van der Waals surface area contributed by atoms with E-state index in [2.05, 4.69) is 5.32 Å². The molecule has 0 unspecified atom stereocenters. The van der Waals surface area contributed by atoms with Gasteiger partial charge in [0, 0.05) is 12.1 Å². The number of non-ortho nitro benzene ring substituents is 2. The van der Waals surface area contributed by atoms with Crippen molar-refractivity contribution in [2.45, 2.75) is 38.1 Å². The van der Waals surface area contributed by atoms with Crippen LogP contribution in [0.1, 0.15) is 43.0 Å². The number of esters is 1. The number of carbonyl (C=O) groups is 2. The van der Waals surface area contributed by atoms with Crippen molar-refractivity contribution in [2.24, 2.45) is 0 Å². The number of nitrogens with one attached hydrogen (secondary N) is 1. The highest BCUT2D eigenvalue weighted by atomic mass is 16.6. The number of nitro benzene ring substituents is 2. The lowest BCUT2D eigenvalue weighted by Crippen LogP contribution is -2.53. The van der Waals surface area contributed by atoms with E-state index in [0.29, 0.717) is 25.7 Å². The third kappa shape index (κ3) is 3.90. The standard InChI is InChI=1S/C15H17N3O7/c1-2-25-14(20)15(5-3-4-6-15)16-13(19)10-7-11(17(21)22)9-12(8-10)18(23)24/h7-9H,2-6H2,1H3,(H,16,19). The second-order valence-electron chi connectivity index (χ2n) is 5.72. The van der Waals surface area contributed by atoms with E-state index >= 15 is 0 Å². The number of ether oxygens (including phenoxy) is 1. The van der Waals surface area contributed by atoms with Gasteiger partial charge in [-0.05, 0) is 19.8 Å². The van der Waals surface area contributed by atoms with Crippen molar-refractivity contribution < 1.29 is 24.2 Å². The maximum atomic E-state index is 12.5. The summed E-state index contributed by atoms with van der Waals surface area (Å²) in [5.74, 6) is -1.36. The summed E-state index contributed by atoms with van der Waals surface area (Å²) in [6.07, 6.45) is 2.20. The quantitative estimate of drug-likeness (QED) is 0.470. The van der Waals surface area contributed by atoms with Crippen LogP contribution in [0.2, 0.25) is 0 Å². The van der Waals surface area contributed by atoms with Crippen LogP contribution >= 0.6 is 0 Å². The molecule has 0 aromatic heterocycles. The highest BCUT2D eigenvalue weighted by molar-refractivity contribution is 5.99. The van der Waals surface area contributed by atoms with Crippen molar-refractivity contribution in [1.82, 2.24) is 5.32 Å². The van der Waals surface area contributed by atoms with Crippen LogP contribution in [-0.2, 0) is 9.53 Å². The van der Waals surface area contributed by atoms with Crippen molar-refractivity contribution in [2.75, 3.05) is 6.61 Å². The van der Waals surface area contributed by atoms with Crippen molar-refractivity contribution >= 4 is 23.3 Å². The van der Waals surface area contributed by atoms with Crippen LogP contribution in [-0.4, -0.2) is 33.9 Å². The van der Waals surface area contributed by atoms with E-state index in [0.717, 1.165) is 18.2 Å². The fraction of sp³-hybridized carbons (Fsp3) is 0.467. The molecule has 0 spiro atoms. The summed E-state index contributed by atoms with van der Waals surface area (Å²) in [4.78, 5) is 45.0. The zero-order valence-corrected chi connectivity index (χ0v) is 13.5. The SMILES string of the molecule is CCOC(=O)C1(NC(=O)c2cc([N+](=O)[O-])cc([N+](=O)[O-])c2)CCCC1. The molecule has 0 bridgehead atoms. The van der Waals surface area contributed by atoms with Crippen molar-refractivity contribution in [3.63, 3.8) is 0 Å². The predicted octanol–water partition coefficient (Wildman–Crippen LogP) is 2.11. The minimum atomic E-state index is -1.20. The van der Waals surface area contributed by atoms with Gasteiger partial charge in [0.05, 0.1) is 28.1 Å². The molecule has 1 aromatic rings. The van der Waals surface area contributed by atoms with Gasteiger partial charge in [0.25, 0.3) is 17.3 Å². The van der Waals surface area contributed by atoms with Gasteiger partial charge in [-0.3, -0.25) is 25.0 Å². The zero-order chi connectivity index (χ0) is 18.6. The number of hydrogen-bond donors (Lipinski definition) is 1. The van der Waals surface area contributed by atoms with Crippen LogP contribution < -0.4 is 5.32 Å². The molecule has 1 aliphatic carbocycles. The molecule has 1 aromatic carbocycles. The lowest BCUT2D eigenvalue weighted by molar-refractivity contribution is -0.394. The van der Waals surface area contributed by atoms with Gasteiger partial charge in [-0.1, -0.05) is 12.8 Å². The summed E-state index contributed by atoms with van der Waals surface area (Å²) in [5.41, 5.74) is -2.60. The molecule has 0 saturated heterocycles. The topological polar surface area (TPSA) is 142 Å². The van der Waals surface area contributed by atoms with Crippen LogP contribution in [0.3, 0.4) is 0 Å². The number of carbonyl (C=O) groups excluding carboxylic acids is 2. The lowest BCUT2D eigenvalue weighted by Gasteiger charge is -2.27. The number of nitro groups is 2.